The number of ether oxygens (including phenoxy) is 1. The fourth-order valence-corrected chi connectivity index (χ4v) is 2.34. The first kappa shape index (κ1) is 17.3. The smallest absolute Gasteiger partial charge is 0.252 e. The predicted octanol–water partition coefficient (Wildman–Crippen LogP) is 2.60. The van der Waals surface area contributed by atoms with E-state index in [1.165, 1.54) is 6.20 Å². The van der Waals surface area contributed by atoms with Gasteiger partial charge in [0.15, 0.2) is 0 Å². The number of methoxy groups -OCH3 is 1. The Bertz CT molecular complexity index is 853. The molecular formula is C19H19N5O2. The van der Waals surface area contributed by atoms with Crippen LogP contribution in [0.4, 0.5) is 11.6 Å². The molecule has 0 atom stereocenters. The molecule has 0 aliphatic carbocycles. The minimum atomic E-state index is -0.177. The molecule has 1 amide bonds. The number of rotatable bonds is 7. The van der Waals surface area contributed by atoms with Gasteiger partial charge in [0.2, 0.25) is 5.95 Å². The van der Waals surface area contributed by atoms with E-state index in [-0.39, 0.29) is 5.91 Å². The lowest BCUT2D eigenvalue weighted by Crippen LogP contribution is -2.25. The standard InChI is InChI=1S/C19H19N5O2/c1-26-17-5-3-14(4-6-17)7-10-21-18(25)15-11-16(13-20-12-15)24-19-22-8-2-9-23-19/h2-6,8-9,11-13H,7,10H2,1H3,(H,21,25)(H,22,23,24). The van der Waals surface area contributed by atoms with E-state index in [4.69, 9.17) is 4.74 Å². The number of pyridine rings is 1. The number of carbonyl (C=O) groups excluding carboxylic acids is 1. The van der Waals surface area contributed by atoms with Gasteiger partial charge in [0.25, 0.3) is 5.91 Å². The van der Waals surface area contributed by atoms with Gasteiger partial charge in [-0.3, -0.25) is 9.78 Å². The Morgan fingerprint density at radius 2 is 1.88 bits per heavy atom. The van der Waals surface area contributed by atoms with Gasteiger partial charge in [-0.2, -0.15) is 0 Å². The van der Waals surface area contributed by atoms with Crippen molar-refractivity contribution in [1.82, 2.24) is 20.3 Å². The lowest BCUT2D eigenvalue weighted by Gasteiger charge is -2.08. The molecule has 132 valence electrons. The van der Waals surface area contributed by atoms with Crippen LogP contribution in [0.25, 0.3) is 0 Å². The van der Waals surface area contributed by atoms with E-state index in [0.29, 0.717) is 23.7 Å². The number of carbonyl (C=O) groups is 1. The van der Waals surface area contributed by atoms with Gasteiger partial charge in [0, 0.05) is 25.1 Å². The molecule has 0 saturated carbocycles. The van der Waals surface area contributed by atoms with Gasteiger partial charge in [-0.25, -0.2) is 9.97 Å². The second kappa shape index (κ2) is 8.57. The van der Waals surface area contributed by atoms with Crippen LogP contribution in [0.3, 0.4) is 0 Å². The highest BCUT2D eigenvalue weighted by Gasteiger charge is 2.07. The number of anilines is 2. The first-order valence-corrected chi connectivity index (χ1v) is 8.15. The molecule has 0 bridgehead atoms. The van der Waals surface area contributed by atoms with Crippen molar-refractivity contribution in [2.75, 3.05) is 19.0 Å². The molecule has 2 N–H and O–H groups in total. The minimum absolute atomic E-state index is 0.177. The number of nitrogens with one attached hydrogen (secondary N) is 2. The second-order valence-electron chi connectivity index (χ2n) is 5.51. The average molecular weight is 349 g/mol. The van der Waals surface area contributed by atoms with Crippen molar-refractivity contribution in [3.8, 4) is 5.75 Å². The van der Waals surface area contributed by atoms with Gasteiger partial charge in [0.05, 0.1) is 24.6 Å². The van der Waals surface area contributed by atoms with E-state index >= 15 is 0 Å². The Morgan fingerprint density at radius 3 is 2.62 bits per heavy atom. The van der Waals surface area contributed by atoms with E-state index in [0.717, 1.165) is 17.7 Å². The predicted molar refractivity (Wildman–Crippen MR) is 98.6 cm³/mol. The monoisotopic (exact) mass is 349 g/mol. The Balaban J connectivity index is 1.55. The summed E-state index contributed by atoms with van der Waals surface area (Å²) in [6, 6.07) is 11.2. The maximum Gasteiger partial charge on any atom is 0.252 e. The van der Waals surface area contributed by atoms with Crippen molar-refractivity contribution in [3.05, 3.63) is 72.3 Å². The number of aromatic nitrogens is 3. The first-order valence-electron chi connectivity index (χ1n) is 8.15. The molecule has 0 aliphatic rings. The zero-order chi connectivity index (χ0) is 18.2. The number of hydrogen-bond donors (Lipinski definition) is 2. The molecule has 7 nitrogen and oxygen atoms in total. The summed E-state index contributed by atoms with van der Waals surface area (Å²) in [7, 11) is 1.64. The summed E-state index contributed by atoms with van der Waals surface area (Å²) in [5.74, 6) is 1.09. The molecule has 0 fully saturated rings. The average Bonchev–Trinajstić information content (AvgIpc) is 2.69. The Morgan fingerprint density at radius 1 is 1.12 bits per heavy atom. The molecular weight excluding hydrogens is 330 g/mol. The number of amides is 1. The minimum Gasteiger partial charge on any atom is -0.497 e. The summed E-state index contributed by atoms with van der Waals surface area (Å²) < 4.78 is 5.13. The van der Waals surface area contributed by atoms with Crippen molar-refractivity contribution in [2.45, 2.75) is 6.42 Å². The Hall–Kier alpha value is -3.48. The summed E-state index contributed by atoms with van der Waals surface area (Å²) in [5, 5.41) is 5.91. The molecule has 3 rings (SSSR count). The van der Waals surface area contributed by atoms with Crippen molar-refractivity contribution >= 4 is 17.5 Å². The van der Waals surface area contributed by atoms with E-state index < -0.39 is 0 Å². The number of nitrogens with zero attached hydrogens (tertiary/aromatic N) is 3. The van der Waals surface area contributed by atoms with Crippen LogP contribution in [-0.4, -0.2) is 34.5 Å². The highest BCUT2D eigenvalue weighted by molar-refractivity contribution is 5.94. The fourth-order valence-electron chi connectivity index (χ4n) is 2.34. The Kier molecular flexibility index (Phi) is 5.72. The SMILES string of the molecule is COc1ccc(CCNC(=O)c2cncc(Nc3ncccn3)c2)cc1. The van der Waals surface area contributed by atoms with E-state index in [2.05, 4.69) is 25.6 Å². The molecule has 0 spiro atoms. The van der Waals surface area contributed by atoms with Crippen LogP contribution < -0.4 is 15.4 Å². The van der Waals surface area contributed by atoms with Crippen LogP contribution in [0.2, 0.25) is 0 Å². The molecule has 2 aromatic heterocycles. The van der Waals surface area contributed by atoms with E-state index in [1.54, 1.807) is 37.8 Å². The number of benzene rings is 1. The molecule has 3 aromatic rings. The lowest BCUT2D eigenvalue weighted by atomic mass is 10.1. The molecule has 1 aromatic carbocycles. The summed E-state index contributed by atoms with van der Waals surface area (Å²) in [6.45, 7) is 0.532. The highest BCUT2D eigenvalue weighted by atomic mass is 16.5. The van der Waals surface area contributed by atoms with Crippen LogP contribution in [0.1, 0.15) is 15.9 Å². The van der Waals surface area contributed by atoms with Crippen molar-refractivity contribution in [3.63, 3.8) is 0 Å². The molecule has 0 unspecified atom stereocenters. The zero-order valence-electron chi connectivity index (χ0n) is 14.3. The van der Waals surface area contributed by atoms with Crippen LogP contribution >= 0.6 is 0 Å². The van der Waals surface area contributed by atoms with Crippen LogP contribution in [0, 0.1) is 0 Å². The van der Waals surface area contributed by atoms with Crippen molar-refractivity contribution < 1.29 is 9.53 Å². The third kappa shape index (κ3) is 4.76. The molecule has 26 heavy (non-hydrogen) atoms. The molecule has 2 heterocycles. The van der Waals surface area contributed by atoms with E-state index in [1.807, 2.05) is 24.3 Å². The first-order chi connectivity index (χ1) is 12.7. The van der Waals surface area contributed by atoms with Gasteiger partial charge < -0.3 is 15.4 Å². The van der Waals surface area contributed by atoms with Crippen molar-refractivity contribution in [1.29, 1.82) is 0 Å². The summed E-state index contributed by atoms with van der Waals surface area (Å²) in [4.78, 5) is 24.6. The maximum atomic E-state index is 12.3. The van der Waals surface area contributed by atoms with Crippen LogP contribution in [0.5, 0.6) is 5.75 Å². The second-order valence-corrected chi connectivity index (χ2v) is 5.51. The van der Waals surface area contributed by atoms with Gasteiger partial charge in [-0.1, -0.05) is 12.1 Å². The summed E-state index contributed by atoms with van der Waals surface area (Å²) in [6.07, 6.45) is 7.15. The van der Waals surface area contributed by atoms with Crippen LogP contribution in [0.15, 0.2) is 61.2 Å². The topological polar surface area (TPSA) is 89.0 Å². The van der Waals surface area contributed by atoms with Gasteiger partial charge >= 0.3 is 0 Å². The molecule has 0 aliphatic heterocycles. The van der Waals surface area contributed by atoms with E-state index in [9.17, 15) is 4.79 Å². The molecule has 0 saturated heterocycles. The van der Waals surface area contributed by atoms with Gasteiger partial charge in [-0.15, -0.1) is 0 Å². The molecule has 7 heteroatoms. The van der Waals surface area contributed by atoms with Gasteiger partial charge in [0.1, 0.15) is 5.75 Å². The highest BCUT2D eigenvalue weighted by Crippen LogP contribution is 2.13. The molecule has 0 radical (unpaired) electrons. The Labute approximate surface area is 151 Å². The van der Waals surface area contributed by atoms with Gasteiger partial charge in [-0.05, 0) is 36.2 Å². The fraction of sp³-hybridized carbons (Fsp3) is 0.158. The zero-order valence-corrected chi connectivity index (χ0v) is 14.3. The quantitative estimate of drug-likeness (QED) is 0.681. The maximum absolute atomic E-state index is 12.3. The third-order valence-corrected chi connectivity index (χ3v) is 3.68. The normalized spacial score (nSPS) is 10.2. The van der Waals surface area contributed by atoms with Crippen LogP contribution in [-0.2, 0) is 6.42 Å². The summed E-state index contributed by atoms with van der Waals surface area (Å²) >= 11 is 0. The lowest BCUT2D eigenvalue weighted by molar-refractivity contribution is 0.0954. The largest absolute Gasteiger partial charge is 0.497 e. The third-order valence-electron chi connectivity index (χ3n) is 3.68. The van der Waals surface area contributed by atoms with Crippen molar-refractivity contribution in [2.24, 2.45) is 0 Å². The summed E-state index contributed by atoms with van der Waals surface area (Å²) in [5.41, 5.74) is 2.25. The number of hydrogen-bond acceptors (Lipinski definition) is 6.